The largest absolute Gasteiger partial charge is 0.448 e. The van der Waals surface area contributed by atoms with Crippen LogP contribution in [0.3, 0.4) is 0 Å². The van der Waals surface area contributed by atoms with E-state index in [1.54, 1.807) is 6.92 Å². The molecule has 3 rings (SSSR count). The first-order chi connectivity index (χ1) is 12.1. The molecule has 0 radical (unpaired) electrons. The molecule has 6 nitrogen and oxygen atoms in total. The Labute approximate surface area is 147 Å². The van der Waals surface area contributed by atoms with Gasteiger partial charge in [-0.15, -0.1) is 0 Å². The lowest BCUT2D eigenvalue weighted by Gasteiger charge is -2.12. The number of rotatable bonds is 6. The summed E-state index contributed by atoms with van der Waals surface area (Å²) in [6.45, 7) is 4.12. The molecule has 1 heterocycles. The van der Waals surface area contributed by atoms with Gasteiger partial charge in [-0.2, -0.15) is 5.10 Å². The molecule has 1 aliphatic rings. The molecule has 132 valence electrons. The van der Waals surface area contributed by atoms with Crippen molar-refractivity contribution < 1.29 is 14.3 Å². The van der Waals surface area contributed by atoms with E-state index in [1.807, 2.05) is 41.9 Å². The molecular weight excluding hydrogens is 318 g/mol. The highest BCUT2D eigenvalue weighted by molar-refractivity contribution is 5.92. The number of ether oxygens (including phenoxy) is 1. The van der Waals surface area contributed by atoms with Crippen LogP contribution in [0.2, 0.25) is 0 Å². The smallest absolute Gasteiger partial charge is 0.359 e. The molecule has 0 aliphatic heterocycles. The van der Waals surface area contributed by atoms with Crippen LogP contribution in [0.5, 0.6) is 0 Å². The Balaban J connectivity index is 1.81. The quantitative estimate of drug-likeness (QED) is 0.819. The predicted molar refractivity (Wildman–Crippen MR) is 93.8 cm³/mol. The number of carbonyl (C=O) groups excluding carboxylic acids is 2. The number of esters is 1. The van der Waals surface area contributed by atoms with Gasteiger partial charge in [-0.1, -0.05) is 25.1 Å². The minimum Gasteiger partial charge on any atom is -0.448 e. The van der Waals surface area contributed by atoms with E-state index < -0.39 is 12.1 Å². The van der Waals surface area contributed by atoms with Crippen LogP contribution in [-0.4, -0.2) is 34.3 Å². The maximum atomic E-state index is 12.6. The van der Waals surface area contributed by atoms with Crippen LogP contribution in [-0.2, 0) is 22.4 Å². The van der Waals surface area contributed by atoms with Gasteiger partial charge < -0.3 is 10.1 Å². The minimum atomic E-state index is -0.835. The summed E-state index contributed by atoms with van der Waals surface area (Å²) in [4.78, 5) is 24.5. The third-order valence-electron chi connectivity index (χ3n) is 4.33. The molecule has 1 aliphatic carbocycles. The van der Waals surface area contributed by atoms with E-state index in [0.29, 0.717) is 12.2 Å². The van der Waals surface area contributed by atoms with E-state index in [1.165, 1.54) is 0 Å². The maximum absolute atomic E-state index is 12.6. The first-order valence-corrected chi connectivity index (χ1v) is 8.76. The van der Waals surface area contributed by atoms with Crippen LogP contribution in [0.4, 0.5) is 0 Å². The summed E-state index contributed by atoms with van der Waals surface area (Å²) in [6.07, 6.45) is 2.69. The molecular formula is C19H23N3O3. The number of nitrogens with one attached hydrogen (secondary N) is 1. The summed E-state index contributed by atoms with van der Waals surface area (Å²) in [5, 5.41) is 7.22. The lowest BCUT2D eigenvalue weighted by atomic mass is 10.2. The predicted octanol–water partition coefficient (Wildman–Crippen LogP) is 2.43. The zero-order valence-electron chi connectivity index (χ0n) is 14.6. The molecule has 1 amide bonds. The van der Waals surface area contributed by atoms with Crippen molar-refractivity contribution in [2.24, 2.45) is 0 Å². The zero-order chi connectivity index (χ0) is 17.8. The molecule has 0 fully saturated rings. The highest BCUT2D eigenvalue weighted by Gasteiger charge is 2.29. The fourth-order valence-electron chi connectivity index (χ4n) is 3.05. The highest BCUT2D eigenvalue weighted by Crippen LogP contribution is 2.28. The molecule has 6 heteroatoms. The van der Waals surface area contributed by atoms with Crippen LogP contribution in [0.15, 0.2) is 30.3 Å². The third-order valence-corrected chi connectivity index (χ3v) is 4.33. The molecule has 0 spiro atoms. The third kappa shape index (κ3) is 3.57. The van der Waals surface area contributed by atoms with Crippen molar-refractivity contribution in [2.75, 3.05) is 6.54 Å². The second kappa shape index (κ2) is 7.51. The Morgan fingerprint density at radius 2 is 2.04 bits per heavy atom. The molecule has 1 atom stereocenters. The van der Waals surface area contributed by atoms with Gasteiger partial charge in [-0.25, -0.2) is 9.48 Å². The van der Waals surface area contributed by atoms with Crippen LogP contribution >= 0.6 is 0 Å². The van der Waals surface area contributed by atoms with Crippen LogP contribution in [0.1, 0.15) is 48.4 Å². The van der Waals surface area contributed by atoms with Gasteiger partial charge in [-0.05, 0) is 44.7 Å². The Bertz CT molecular complexity index is 768. The van der Waals surface area contributed by atoms with E-state index in [0.717, 1.165) is 42.6 Å². The van der Waals surface area contributed by atoms with Gasteiger partial charge in [0.1, 0.15) is 0 Å². The Kier molecular flexibility index (Phi) is 5.16. The number of nitrogens with zero attached hydrogens (tertiary/aromatic N) is 2. The zero-order valence-corrected chi connectivity index (χ0v) is 14.6. The Morgan fingerprint density at radius 3 is 2.76 bits per heavy atom. The SMILES string of the molecule is CCCNC(=O)C(C)OC(=O)c1nn(-c2ccccc2)c2c1CCC2. The number of hydrogen-bond donors (Lipinski definition) is 1. The second-order valence-electron chi connectivity index (χ2n) is 6.21. The fraction of sp³-hybridized carbons (Fsp3) is 0.421. The van der Waals surface area contributed by atoms with E-state index in [2.05, 4.69) is 10.4 Å². The molecule has 2 aromatic rings. The van der Waals surface area contributed by atoms with Gasteiger partial charge in [0.15, 0.2) is 11.8 Å². The molecule has 0 saturated heterocycles. The number of benzene rings is 1. The van der Waals surface area contributed by atoms with Crippen molar-refractivity contribution in [1.82, 2.24) is 15.1 Å². The van der Waals surface area contributed by atoms with Gasteiger partial charge in [0.2, 0.25) is 0 Å². The van der Waals surface area contributed by atoms with E-state index in [4.69, 9.17) is 4.74 Å². The summed E-state index contributed by atoms with van der Waals surface area (Å²) < 4.78 is 7.16. The number of carbonyl (C=O) groups is 2. The number of aromatic nitrogens is 2. The average molecular weight is 341 g/mol. The molecule has 1 unspecified atom stereocenters. The summed E-state index contributed by atoms with van der Waals surface area (Å²) in [5.41, 5.74) is 3.25. The standard InChI is InChI=1S/C19H23N3O3/c1-3-12-20-18(23)13(2)25-19(24)17-15-10-7-11-16(15)22(21-17)14-8-5-4-6-9-14/h4-6,8-9,13H,3,7,10-12H2,1-2H3,(H,20,23). The molecule has 1 N–H and O–H groups in total. The Morgan fingerprint density at radius 1 is 1.28 bits per heavy atom. The molecule has 25 heavy (non-hydrogen) atoms. The van der Waals surface area contributed by atoms with Crippen LogP contribution < -0.4 is 5.32 Å². The van der Waals surface area contributed by atoms with Crippen molar-refractivity contribution in [3.63, 3.8) is 0 Å². The lowest BCUT2D eigenvalue weighted by molar-refractivity contribution is -0.129. The summed E-state index contributed by atoms with van der Waals surface area (Å²) in [7, 11) is 0. The molecule has 0 saturated carbocycles. The van der Waals surface area contributed by atoms with Crippen LogP contribution in [0, 0.1) is 0 Å². The molecule has 0 bridgehead atoms. The van der Waals surface area contributed by atoms with Gasteiger partial charge in [0.25, 0.3) is 5.91 Å². The van der Waals surface area contributed by atoms with E-state index in [-0.39, 0.29) is 5.91 Å². The van der Waals surface area contributed by atoms with Gasteiger partial charge in [0, 0.05) is 17.8 Å². The Hall–Kier alpha value is -2.63. The van der Waals surface area contributed by atoms with Crippen molar-refractivity contribution in [2.45, 2.75) is 45.6 Å². The van der Waals surface area contributed by atoms with Gasteiger partial charge in [-0.3, -0.25) is 4.79 Å². The maximum Gasteiger partial charge on any atom is 0.359 e. The van der Waals surface area contributed by atoms with E-state index in [9.17, 15) is 9.59 Å². The summed E-state index contributed by atoms with van der Waals surface area (Å²) in [6, 6.07) is 9.75. The fourth-order valence-corrected chi connectivity index (χ4v) is 3.05. The average Bonchev–Trinajstić information content (AvgIpc) is 3.22. The number of amides is 1. The lowest BCUT2D eigenvalue weighted by Crippen LogP contribution is -2.36. The highest BCUT2D eigenvalue weighted by atomic mass is 16.5. The summed E-state index contributed by atoms with van der Waals surface area (Å²) >= 11 is 0. The van der Waals surface area contributed by atoms with Crippen molar-refractivity contribution in [3.8, 4) is 5.69 Å². The van der Waals surface area contributed by atoms with Crippen molar-refractivity contribution in [1.29, 1.82) is 0 Å². The van der Waals surface area contributed by atoms with Gasteiger partial charge in [0.05, 0.1) is 5.69 Å². The van der Waals surface area contributed by atoms with Crippen molar-refractivity contribution >= 4 is 11.9 Å². The van der Waals surface area contributed by atoms with E-state index >= 15 is 0 Å². The second-order valence-corrected chi connectivity index (χ2v) is 6.21. The molecule has 1 aromatic carbocycles. The minimum absolute atomic E-state index is 0.283. The van der Waals surface area contributed by atoms with Crippen molar-refractivity contribution in [3.05, 3.63) is 47.3 Å². The van der Waals surface area contributed by atoms with Gasteiger partial charge >= 0.3 is 5.97 Å². The number of para-hydroxylation sites is 1. The number of hydrogen-bond acceptors (Lipinski definition) is 4. The first kappa shape index (κ1) is 17.2. The number of fused-ring (bicyclic) bond motifs is 1. The molecule has 1 aromatic heterocycles. The van der Waals surface area contributed by atoms with Crippen LogP contribution in [0.25, 0.3) is 5.69 Å². The monoisotopic (exact) mass is 341 g/mol. The first-order valence-electron chi connectivity index (χ1n) is 8.76. The summed E-state index contributed by atoms with van der Waals surface area (Å²) in [5.74, 6) is -0.818. The topological polar surface area (TPSA) is 73.2 Å². The normalized spacial score (nSPS) is 14.0.